The molecule has 1 N–H and O–H groups in total. The molecule has 0 radical (unpaired) electrons. The zero-order chi connectivity index (χ0) is 13.0. The number of hydrogen-bond donors (Lipinski definition) is 1. The molecule has 1 fully saturated rings. The second-order valence-corrected chi connectivity index (χ2v) is 5.24. The first-order valence-electron chi connectivity index (χ1n) is 6.27. The maximum absolute atomic E-state index is 11.6. The summed E-state index contributed by atoms with van der Waals surface area (Å²) in [6.07, 6.45) is 2.62. The van der Waals surface area contributed by atoms with Crippen LogP contribution >= 0.6 is 11.3 Å². The van der Waals surface area contributed by atoms with Crippen LogP contribution in [0.2, 0.25) is 0 Å². The molecule has 0 aliphatic heterocycles. The Kier molecular flexibility index (Phi) is 4.54. The van der Waals surface area contributed by atoms with Gasteiger partial charge in [0.05, 0.1) is 12.1 Å². The van der Waals surface area contributed by atoms with E-state index in [0.717, 1.165) is 24.1 Å². The lowest BCUT2D eigenvalue weighted by Gasteiger charge is -2.15. The highest BCUT2D eigenvalue weighted by molar-refractivity contribution is 7.14. The van der Waals surface area contributed by atoms with E-state index in [0.29, 0.717) is 12.3 Å². The number of nitrogens with zero attached hydrogens (tertiary/aromatic N) is 2. The SMILES string of the molecule is CCOC(=O)c1ncsc1NCCN(C)C1CC1. The summed E-state index contributed by atoms with van der Waals surface area (Å²) in [7, 11) is 2.14. The van der Waals surface area contributed by atoms with Crippen molar-refractivity contribution in [1.29, 1.82) is 0 Å². The molecule has 18 heavy (non-hydrogen) atoms. The largest absolute Gasteiger partial charge is 0.461 e. The standard InChI is InChI=1S/C12H19N3O2S/c1-3-17-12(16)10-11(18-8-14-10)13-6-7-15(2)9-4-5-9/h8-9,13H,3-7H2,1-2H3. The Morgan fingerprint density at radius 3 is 3.11 bits per heavy atom. The van der Waals surface area contributed by atoms with Crippen molar-refractivity contribution in [2.45, 2.75) is 25.8 Å². The van der Waals surface area contributed by atoms with Crippen LogP contribution in [-0.4, -0.2) is 48.6 Å². The molecule has 1 aromatic heterocycles. The minimum Gasteiger partial charge on any atom is -0.461 e. The van der Waals surface area contributed by atoms with Gasteiger partial charge < -0.3 is 15.0 Å². The molecule has 0 saturated heterocycles. The van der Waals surface area contributed by atoms with Gasteiger partial charge in [0, 0.05) is 19.1 Å². The molecule has 0 spiro atoms. The van der Waals surface area contributed by atoms with E-state index in [1.807, 2.05) is 0 Å². The van der Waals surface area contributed by atoms with E-state index in [2.05, 4.69) is 22.2 Å². The lowest BCUT2D eigenvalue weighted by Crippen LogP contribution is -2.27. The Labute approximate surface area is 111 Å². The number of aromatic nitrogens is 1. The van der Waals surface area contributed by atoms with Crippen LogP contribution in [0.1, 0.15) is 30.3 Å². The molecule has 100 valence electrons. The van der Waals surface area contributed by atoms with Crippen molar-refractivity contribution in [1.82, 2.24) is 9.88 Å². The molecular formula is C12H19N3O2S. The van der Waals surface area contributed by atoms with Crippen LogP contribution in [0.15, 0.2) is 5.51 Å². The normalized spacial score (nSPS) is 14.8. The van der Waals surface area contributed by atoms with Crippen LogP contribution in [0.4, 0.5) is 5.00 Å². The van der Waals surface area contributed by atoms with E-state index in [4.69, 9.17) is 4.74 Å². The Morgan fingerprint density at radius 2 is 2.44 bits per heavy atom. The van der Waals surface area contributed by atoms with E-state index >= 15 is 0 Å². The maximum Gasteiger partial charge on any atom is 0.360 e. The lowest BCUT2D eigenvalue weighted by molar-refractivity contribution is 0.0521. The summed E-state index contributed by atoms with van der Waals surface area (Å²) < 4.78 is 4.96. The molecule has 1 aromatic rings. The van der Waals surface area contributed by atoms with Gasteiger partial charge in [-0.15, -0.1) is 11.3 Å². The van der Waals surface area contributed by atoms with Crippen molar-refractivity contribution in [3.8, 4) is 0 Å². The Balaban J connectivity index is 1.81. The average molecular weight is 269 g/mol. The van der Waals surface area contributed by atoms with Gasteiger partial charge >= 0.3 is 5.97 Å². The molecule has 0 unspecified atom stereocenters. The summed E-state index contributed by atoms with van der Waals surface area (Å²) in [4.78, 5) is 18.0. The number of rotatable bonds is 7. The van der Waals surface area contributed by atoms with E-state index < -0.39 is 0 Å². The van der Waals surface area contributed by atoms with Crippen molar-refractivity contribution in [3.63, 3.8) is 0 Å². The summed E-state index contributed by atoms with van der Waals surface area (Å²) >= 11 is 1.44. The van der Waals surface area contributed by atoms with E-state index in [-0.39, 0.29) is 5.97 Å². The summed E-state index contributed by atoms with van der Waals surface area (Å²) in [5.74, 6) is -0.350. The Bertz CT molecular complexity index is 404. The third kappa shape index (κ3) is 3.43. The van der Waals surface area contributed by atoms with E-state index in [9.17, 15) is 4.79 Å². The minimum atomic E-state index is -0.350. The van der Waals surface area contributed by atoms with Crippen LogP contribution in [0.25, 0.3) is 0 Å². The second kappa shape index (κ2) is 6.15. The Morgan fingerprint density at radius 1 is 1.67 bits per heavy atom. The number of esters is 1. The monoisotopic (exact) mass is 269 g/mol. The number of nitrogens with one attached hydrogen (secondary N) is 1. The summed E-state index contributed by atoms with van der Waals surface area (Å²) in [6.45, 7) is 3.97. The molecule has 6 heteroatoms. The fraction of sp³-hybridized carbons (Fsp3) is 0.667. The first-order valence-corrected chi connectivity index (χ1v) is 7.15. The van der Waals surface area contributed by atoms with Crippen molar-refractivity contribution in [3.05, 3.63) is 11.2 Å². The highest BCUT2D eigenvalue weighted by atomic mass is 32.1. The first-order chi connectivity index (χ1) is 8.72. The molecule has 1 saturated carbocycles. The van der Waals surface area contributed by atoms with Crippen LogP contribution in [-0.2, 0) is 4.74 Å². The smallest absolute Gasteiger partial charge is 0.360 e. The highest BCUT2D eigenvalue weighted by Gasteiger charge is 2.25. The van der Waals surface area contributed by atoms with Crippen LogP contribution in [0.5, 0.6) is 0 Å². The van der Waals surface area contributed by atoms with Gasteiger partial charge in [0.25, 0.3) is 0 Å². The number of carbonyl (C=O) groups is 1. The van der Waals surface area contributed by atoms with Crippen molar-refractivity contribution in [2.24, 2.45) is 0 Å². The maximum atomic E-state index is 11.6. The van der Waals surface area contributed by atoms with Crippen molar-refractivity contribution in [2.75, 3.05) is 32.1 Å². The Hall–Kier alpha value is -1.14. The molecule has 1 aliphatic rings. The van der Waals surface area contributed by atoms with Crippen molar-refractivity contribution >= 4 is 22.3 Å². The van der Waals surface area contributed by atoms with E-state index in [1.165, 1.54) is 24.2 Å². The quantitative estimate of drug-likeness (QED) is 0.765. The average Bonchev–Trinajstić information content (AvgIpc) is 3.09. The molecule has 0 atom stereocenters. The molecule has 5 nitrogen and oxygen atoms in total. The van der Waals surface area contributed by atoms with Crippen LogP contribution in [0.3, 0.4) is 0 Å². The third-order valence-electron chi connectivity index (χ3n) is 2.96. The van der Waals surface area contributed by atoms with Crippen LogP contribution in [0, 0.1) is 0 Å². The topological polar surface area (TPSA) is 54.5 Å². The fourth-order valence-corrected chi connectivity index (χ4v) is 2.46. The van der Waals surface area contributed by atoms with Gasteiger partial charge in [-0.3, -0.25) is 0 Å². The first kappa shape index (κ1) is 13.3. The molecule has 0 bridgehead atoms. The number of anilines is 1. The van der Waals surface area contributed by atoms with Gasteiger partial charge in [-0.1, -0.05) is 0 Å². The summed E-state index contributed by atoms with van der Waals surface area (Å²) in [6, 6.07) is 0.762. The highest BCUT2D eigenvalue weighted by Crippen LogP contribution is 2.25. The zero-order valence-electron chi connectivity index (χ0n) is 10.8. The predicted octanol–water partition coefficient (Wildman–Crippen LogP) is 1.83. The summed E-state index contributed by atoms with van der Waals surface area (Å²) in [5, 5.41) is 4.06. The fourth-order valence-electron chi connectivity index (χ4n) is 1.76. The molecular weight excluding hydrogens is 250 g/mol. The lowest BCUT2D eigenvalue weighted by atomic mass is 10.4. The molecule has 2 rings (SSSR count). The van der Waals surface area contributed by atoms with Crippen LogP contribution < -0.4 is 5.32 Å². The van der Waals surface area contributed by atoms with Gasteiger partial charge in [0.15, 0.2) is 5.69 Å². The third-order valence-corrected chi connectivity index (χ3v) is 3.74. The molecule has 0 amide bonds. The number of ether oxygens (including phenoxy) is 1. The molecule has 0 aromatic carbocycles. The molecule has 1 aliphatic carbocycles. The number of likely N-dealkylation sites (N-methyl/N-ethyl adjacent to an activating group) is 1. The number of carbonyl (C=O) groups excluding carboxylic acids is 1. The van der Waals surface area contributed by atoms with Gasteiger partial charge in [-0.2, -0.15) is 0 Å². The zero-order valence-corrected chi connectivity index (χ0v) is 11.6. The second-order valence-electron chi connectivity index (χ2n) is 4.39. The van der Waals surface area contributed by atoms with Gasteiger partial charge in [-0.05, 0) is 26.8 Å². The predicted molar refractivity (Wildman–Crippen MR) is 72.2 cm³/mol. The minimum absolute atomic E-state index is 0.350. The van der Waals surface area contributed by atoms with E-state index in [1.54, 1.807) is 12.4 Å². The van der Waals surface area contributed by atoms with Crippen molar-refractivity contribution < 1.29 is 9.53 Å². The summed E-state index contributed by atoms with van der Waals surface area (Å²) in [5.41, 5.74) is 2.06. The number of hydrogen-bond acceptors (Lipinski definition) is 6. The van der Waals surface area contributed by atoms with Gasteiger partial charge in [0.2, 0.25) is 0 Å². The number of thiazole rings is 1. The van der Waals surface area contributed by atoms with Gasteiger partial charge in [0.1, 0.15) is 5.00 Å². The van der Waals surface area contributed by atoms with Gasteiger partial charge in [-0.25, -0.2) is 9.78 Å². The molecule has 1 heterocycles.